The van der Waals surface area contributed by atoms with Crippen LogP contribution in [0.3, 0.4) is 0 Å². The van der Waals surface area contributed by atoms with Gasteiger partial charge in [0, 0.05) is 13.1 Å². The van der Waals surface area contributed by atoms with Crippen LogP contribution in [0.25, 0.3) is 11.6 Å². The molecule has 1 saturated heterocycles. The van der Waals surface area contributed by atoms with Crippen LogP contribution in [0.5, 0.6) is 0 Å². The van der Waals surface area contributed by atoms with Gasteiger partial charge in [0.25, 0.3) is 0 Å². The fourth-order valence-electron chi connectivity index (χ4n) is 2.22. The normalized spacial score (nSPS) is 18.1. The number of aliphatic carboxylic acids is 1. The Morgan fingerprint density at radius 1 is 1.48 bits per heavy atom. The standard InChI is InChI=1S/C12H13N5O4/c18-10(16-4-3-8(6-16)12(19)20)7-17-14-11(13-15-17)9-2-1-5-21-9/h1-2,5,8H,3-4,6-7H2,(H,19,20). The van der Waals surface area contributed by atoms with Crippen molar-refractivity contribution in [3.63, 3.8) is 0 Å². The number of rotatable bonds is 4. The number of carbonyl (C=O) groups excluding carboxylic acids is 1. The summed E-state index contributed by atoms with van der Waals surface area (Å²) in [5, 5.41) is 20.6. The Kier molecular flexibility index (Phi) is 3.38. The molecule has 0 radical (unpaired) electrons. The van der Waals surface area contributed by atoms with Crippen molar-refractivity contribution in [2.45, 2.75) is 13.0 Å². The summed E-state index contributed by atoms with van der Waals surface area (Å²) in [5.74, 6) is -0.804. The number of hydrogen-bond acceptors (Lipinski definition) is 6. The molecule has 3 heterocycles. The van der Waals surface area contributed by atoms with E-state index in [1.165, 1.54) is 16.0 Å². The summed E-state index contributed by atoms with van der Waals surface area (Å²) in [5.41, 5.74) is 0. The molecule has 9 nitrogen and oxygen atoms in total. The third kappa shape index (κ3) is 2.76. The molecule has 110 valence electrons. The lowest BCUT2D eigenvalue weighted by Gasteiger charge is -2.14. The summed E-state index contributed by atoms with van der Waals surface area (Å²) in [4.78, 5) is 25.6. The number of tetrazole rings is 1. The SMILES string of the molecule is O=C(O)C1CCN(C(=O)Cn2nnc(-c3ccco3)n2)C1. The molecule has 1 unspecified atom stereocenters. The van der Waals surface area contributed by atoms with Gasteiger partial charge in [0.15, 0.2) is 5.76 Å². The molecule has 1 aliphatic rings. The minimum absolute atomic E-state index is 0.0694. The van der Waals surface area contributed by atoms with Crippen LogP contribution in [0.15, 0.2) is 22.8 Å². The first kappa shape index (κ1) is 13.3. The van der Waals surface area contributed by atoms with Crippen molar-refractivity contribution in [3.8, 4) is 11.6 Å². The van der Waals surface area contributed by atoms with Gasteiger partial charge in [-0.3, -0.25) is 9.59 Å². The zero-order valence-electron chi connectivity index (χ0n) is 11.0. The predicted octanol–water partition coefficient (Wildman–Crippen LogP) is -0.134. The van der Waals surface area contributed by atoms with Gasteiger partial charge in [0.05, 0.1) is 12.2 Å². The summed E-state index contributed by atoms with van der Waals surface area (Å²) in [6.07, 6.45) is 1.97. The highest BCUT2D eigenvalue weighted by Gasteiger charge is 2.31. The van der Waals surface area contributed by atoms with Crippen LogP contribution in [0.2, 0.25) is 0 Å². The van der Waals surface area contributed by atoms with Crippen molar-refractivity contribution in [1.82, 2.24) is 25.1 Å². The molecule has 0 spiro atoms. The van der Waals surface area contributed by atoms with Gasteiger partial charge in [0.1, 0.15) is 6.54 Å². The lowest BCUT2D eigenvalue weighted by molar-refractivity contribution is -0.141. The molecule has 0 aliphatic carbocycles. The molecule has 0 saturated carbocycles. The first-order chi connectivity index (χ1) is 10.1. The van der Waals surface area contributed by atoms with E-state index in [2.05, 4.69) is 15.4 Å². The summed E-state index contributed by atoms with van der Waals surface area (Å²) < 4.78 is 5.14. The first-order valence-electron chi connectivity index (χ1n) is 6.46. The van der Waals surface area contributed by atoms with Crippen LogP contribution in [-0.4, -0.2) is 55.2 Å². The molecule has 1 amide bonds. The molecule has 1 atom stereocenters. The van der Waals surface area contributed by atoms with Gasteiger partial charge in [-0.25, -0.2) is 0 Å². The zero-order valence-corrected chi connectivity index (χ0v) is 11.0. The van der Waals surface area contributed by atoms with E-state index in [-0.39, 0.29) is 19.0 Å². The van der Waals surface area contributed by atoms with Crippen LogP contribution in [0.1, 0.15) is 6.42 Å². The smallest absolute Gasteiger partial charge is 0.308 e. The van der Waals surface area contributed by atoms with Crippen molar-refractivity contribution in [2.24, 2.45) is 5.92 Å². The molecule has 9 heteroatoms. The predicted molar refractivity (Wildman–Crippen MR) is 67.8 cm³/mol. The third-order valence-electron chi connectivity index (χ3n) is 3.36. The number of hydrogen-bond donors (Lipinski definition) is 1. The minimum Gasteiger partial charge on any atom is -0.481 e. The van der Waals surface area contributed by atoms with E-state index in [0.717, 1.165) is 0 Å². The highest BCUT2D eigenvalue weighted by molar-refractivity contribution is 5.78. The summed E-state index contributed by atoms with van der Waals surface area (Å²) in [7, 11) is 0. The second kappa shape index (κ2) is 5.35. The van der Waals surface area contributed by atoms with Gasteiger partial charge in [-0.15, -0.1) is 10.2 Å². The maximum atomic E-state index is 12.1. The number of carbonyl (C=O) groups is 2. The molecule has 1 N–H and O–H groups in total. The van der Waals surface area contributed by atoms with Gasteiger partial charge < -0.3 is 14.4 Å². The van der Waals surface area contributed by atoms with Crippen molar-refractivity contribution in [2.75, 3.05) is 13.1 Å². The number of furan rings is 1. The van der Waals surface area contributed by atoms with Crippen molar-refractivity contribution in [3.05, 3.63) is 18.4 Å². The Labute approximate surface area is 119 Å². The second-order valence-corrected chi connectivity index (χ2v) is 4.78. The van der Waals surface area contributed by atoms with E-state index < -0.39 is 11.9 Å². The number of carboxylic acid groups (broad SMARTS) is 1. The molecule has 0 bridgehead atoms. The Hall–Kier alpha value is -2.71. The first-order valence-corrected chi connectivity index (χ1v) is 6.46. The molecular formula is C12H13N5O4. The molecule has 3 rings (SSSR count). The average Bonchev–Trinajstić information content (AvgIpc) is 3.19. The lowest BCUT2D eigenvalue weighted by Crippen LogP contribution is -2.33. The monoisotopic (exact) mass is 291 g/mol. The maximum Gasteiger partial charge on any atom is 0.308 e. The van der Waals surface area contributed by atoms with Gasteiger partial charge in [-0.1, -0.05) is 0 Å². The number of nitrogens with zero attached hydrogens (tertiary/aromatic N) is 5. The largest absolute Gasteiger partial charge is 0.481 e. The second-order valence-electron chi connectivity index (χ2n) is 4.78. The molecular weight excluding hydrogens is 278 g/mol. The van der Waals surface area contributed by atoms with Crippen molar-refractivity contribution in [1.29, 1.82) is 0 Å². The Morgan fingerprint density at radius 2 is 2.33 bits per heavy atom. The van der Waals surface area contributed by atoms with Crippen LogP contribution in [0.4, 0.5) is 0 Å². The number of aromatic nitrogens is 4. The van der Waals surface area contributed by atoms with Crippen LogP contribution < -0.4 is 0 Å². The van der Waals surface area contributed by atoms with Crippen LogP contribution >= 0.6 is 0 Å². The highest BCUT2D eigenvalue weighted by atomic mass is 16.4. The third-order valence-corrected chi connectivity index (χ3v) is 3.36. The molecule has 0 aromatic carbocycles. The Morgan fingerprint density at radius 3 is 3.00 bits per heavy atom. The van der Waals surface area contributed by atoms with Crippen LogP contribution in [-0.2, 0) is 16.1 Å². The molecule has 21 heavy (non-hydrogen) atoms. The molecule has 1 aliphatic heterocycles. The van der Waals surface area contributed by atoms with Gasteiger partial charge in [0.2, 0.25) is 11.7 Å². The minimum atomic E-state index is -0.871. The number of likely N-dealkylation sites (tertiary alicyclic amines) is 1. The van der Waals surface area contributed by atoms with E-state index in [0.29, 0.717) is 24.6 Å². The van der Waals surface area contributed by atoms with Crippen molar-refractivity contribution >= 4 is 11.9 Å². The van der Waals surface area contributed by atoms with Crippen molar-refractivity contribution < 1.29 is 19.1 Å². The zero-order chi connectivity index (χ0) is 14.8. The topological polar surface area (TPSA) is 114 Å². The highest BCUT2D eigenvalue weighted by Crippen LogP contribution is 2.17. The number of carboxylic acids is 1. The van der Waals surface area contributed by atoms with E-state index >= 15 is 0 Å². The van der Waals surface area contributed by atoms with E-state index in [9.17, 15) is 9.59 Å². The van der Waals surface area contributed by atoms with E-state index in [1.807, 2.05) is 0 Å². The van der Waals surface area contributed by atoms with Gasteiger partial charge in [-0.05, 0) is 23.8 Å². The Bertz CT molecular complexity index is 650. The quantitative estimate of drug-likeness (QED) is 0.834. The lowest BCUT2D eigenvalue weighted by atomic mass is 10.1. The fraction of sp³-hybridized carbons (Fsp3) is 0.417. The average molecular weight is 291 g/mol. The molecule has 1 fully saturated rings. The fourth-order valence-corrected chi connectivity index (χ4v) is 2.22. The maximum absolute atomic E-state index is 12.1. The molecule has 2 aromatic heterocycles. The van der Waals surface area contributed by atoms with Gasteiger partial charge in [-0.2, -0.15) is 4.80 Å². The van der Waals surface area contributed by atoms with Gasteiger partial charge >= 0.3 is 5.97 Å². The summed E-state index contributed by atoms with van der Waals surface area (Å²) in [6.45, 7) is 0.601. The summed E-state index contributed by atoms with van der Waals surface area (Å²) >= 11 is 0. The number of amides is 1. The summed E-state index contributed by atoms with van der Waals surface area (Å²) in [6, 6.07) is 3.40. The van der Waals surface area contributed by atoms with E-state index in [1.54, 1.807) is 12.1 Å². The Balaban J connectivity index is 1.62. The van der Waals surface area contributed by atoms with Crippen LogP contribution in [0, 0.1) is 5.92 Å². The van der Waals surface area contributed by atoms with E-state index in [4.69, 9.17) is 9.52 Å². The molecule has 2 aromatic rings.